The standard InChI is InChI=1S/C13H21ClN4O/c1-2-15-13-16-9-11(14)12(17-13)18-7-4-3-5-10(18)6-8-19/h9-10,19H,2-8H2,1H3,(H,15,16,17). The molecule has 1 aromatic rings. The first-order valence-corrected chi connectivity index (χ1v) is 7.28. The molecule has 1 aromatic heterocycles. The molecule has 1 atom stereocenters. The van der Waals surface area contributed by atoms with Gasteiger partial charge in [-0.1, -0.05) is 11.6 Å². The van der Waals surface area contributed by atoms with E-state index in [9.17, 15) is 5.11 Å². The molecule has 5 nitrogen and oxygen atoms in total. The van der Waals surface area contributed by atoms with Crippen molar-refractivity contribution in [2.75, 3.05) is 29.9 Å². The highest BCUT2D eigenvalue weighted by Gasteiger charge is 2.25. The highest BCUT2D eigenvalue weighted by atomic mass is 35.5. The van der Waals surface area contributed by atoms with Gasteiger partial charge in [-0.3, -0.25) is 0 Å². The minimum absolute atomic E-state index is 0.198. The summed E-state index contributed by atoms with van der Waals surface area (Å²) in [5, 5.41) is 12.9. The van der Waals surface area contributed by atoms with E-state index in [1.54, 1.807) is 6.20 Å². The number of nitrogens with one attached hydrogen (secondary N) is 1. The van der Waals surface area contributed by atoms with Gasteiger partial charge in [0.1, 0.15) is 5.02 Å². The zero-order chi connectivity index (χ0) is 13.7. The van der Waals surface area contributed by atoms with E-state index in [4.69, 9.17) is 11.6 Å². The van der Waals surface area contributed by atoms with Crippen LogP contribution in [0.3, 0.4) is 0 Å². The Morgan fingerprint density at radius 3 is 3.11 bits per heavy atom. The Morgan fingerprint density at radius 1 is 1.53 bits per heavy atom. The van der Waals surface area contributed by atoms with Gasteiger partial charge in [-0.05, 0) is 32.6 Å². The van der Waals surface area contributed by atoms with Crippen LogP contribution in [0.25, 0.3) is 0 Å². The molecule has 0 aromatic carbocycles. The average molecular weight is 285 g/mol. The summed E-state index contributed by atoms with van der Waals surface area (Å²) in [6.07, 6.45) is 5.82. The van der Waals surface area contributed by atoms with Gasteiger partial charge in [0.15, 0.2) is 5.82 Å². The first-order valence-electron chi connectivity index (χ1n) is 6.90. The summed E-state index contributed by atoms with van der Waals surface area (Å²) < 4.78 is 0. The molecular formula is C13H21ClN4O. The van der Waals surface area contributed by atoms with E-state index in [1.165, 1.54) is 6.42 Å². The van der Waals surface area contributed by atoms with E-state index in [0.717, 1.165) is 38.2 Å². The molecule has 6 heteroatoms. The lowest BCUT2D eigenvalue weighted by Gasteiger charge is -2.36. The molecule has 0 spiro atoms. The van der Waals surface area contributed by atoms with Crippen molar-refractivity contribution in [2.45, 2.75) is 38.6 Å². The molecule has 2 heterocycles. The molecule has 0 bridgehead atoms. The summed E-state index contributed by atoms with van der Waals surface area (Å²) >= 11 is 6.24. The highest BCUT2D eigenvalue weighted by molar-refractivity contribution is 6.32. The topological polar surface area (TPSA) is 61.3 Å². The Hall–Kier alpha value is -1.07. The second kappa shape index (κ2) is 6.91. The van der Waals surface area contributed by atoms with Crippen LogP contribution in [0.1, 0.15) is 32.6 Å². The number of rotatable bonds is 5. The number of hydrogen-bond acceptors (Lipinski definition) is 5. The molecule has 106 valence electrons. The van der Waals surface area contributed by atoms with Gasteiger partial charge in [0.25, 0.3) is 0 Å². The van der Waals surface area contributed by atoms with Gasteiger partial charge in [-0.15, -0.1) is 0 Å². The largest absolute Gasteiger partial charge is 0.396 e. The summed E-state index contributed by atoms with van der Waals surface area (Å²) in [7, 11) is 0. The van der Waals surface area contributed by atoms with Crippen LogP contribution >= 0.6 is 11.6 Å². The lowest BCUT2D eigenvalue weighted by Crippen LogP contribution is -2.41. The Bertz CT molecular complexity index is 414. The first kappa shape index (κ1) is 14.3. The molecule has 2 N–H and O–H groups in total. The number of aliphatic hydroxyl groups is 1. The molecule has 1 unspecified atom stereocenters. The molecule has 1 fully saturated rings. The van der Waals surface area contributed by atoms with Gasteiger partial charge in [0.05, 0.1) is 6.20 Å². The van der Waals surface area contributed by atoms with Crippen molar-refractivity contribution in [3.05, 3.63) is 11.2 Å². The maximum absolute atomic E-state index is 9.19. The van der Waals surface area contributed by atoms with E-state index in [0.29, 0.717) is 17.0 Å². The third-order valence-corrected chi connectivity index (χ3v) is 3.69. The number of nitrogens with zero attached hydrogens (tertiary/aromatic N) is 3. The van der Waals surface area contributed by atoms with Crippen LogP contribution in [0, 0.1) is 0 Å². The van der Waals surface area contributed by atoms with Crippen molar-refractivity contribution >= 4 is 23.4 Å². The van der Waals surface area contributed by atoms with Gasteiger partial charge in [-0.2, -0.15) is 4.98 Å². The quantitative estimate of drug-likeness (QED) is 0.869. The predicted molar refractivity (Wildman–Crippen MR) is 77.9 cm³/mol. The van der Waals surface area contributed by atoms with Gasteiger partial charge >= 0.3 is 0 Å². The minimum Gasteiger partial charge on any atom is -0.396 e. The summed E-state index contributed by atoms with van der Waals surface area (Å²) in [6.45, 7) is 3.92. The molecule has 0 aliphatic carbocycles. The van der Waals surface area contributed by atoms with Gasteiger partial charge in [0, 0.05) is 25.7 Å². The summed E-state index contributed by atoms with van der Waals surface area (Å²) in [6, 6.07) is 0.320. The lowest BCUT2D eigenvalue weighted by atomic mass is 10.00. The van der Waals surface area contributed by atoms with Crippen LogP contribution in [0.5, 0.6) is 0 Å². The molecule has 1 aliphatic rings. The minimum atomic E-state index is 0.198. The number of hydrogen-bond donors (Lipinski definition) is 2. The number of aromatic nitrogens is 2. The van der Waals surface area contributed by atoms with E-state index in [1.807, 2.05) is 6.92 Å². The number of anilines is 2. The first-order chi connectivity index (χ1) is 9.26. The smallest absolute Gasteiger partial charge is 0.224 e. The zero-order valence-corrected chi connectivity index (χ0v) is 12.0. The number of aliphatic hydroxyl groups excluding tert-OH is 1. The van der Waals surface area contributed by atoms with Crippen LogP contribution < -0.4 is 10.2 Å². The summed E-state index contributed by atoms with van der Waals surface area (Å²) in [5.74, 6) is 1.39. The second-order valence-corrected chi connectivity index (χ2v) is 5.16. The maximum Gasteiger partial charge on any atom is 0.224 e. The lowest BCUT2D eigenvalue weighted by molar-refractivity contribution is 0.262. The fraction of sp³-hybridized carbons (Fsp3) is 0.692. The maximum atomic E-state index is 9.19. The van der Waals surface area contributed by atoms with Crippen LogP contribution in [0.15, 0.2) is 6.20 Å². The average Bonchev–Trinajstić information content (AvgIpc) is 2.42. The van der Waals surface area contributed by atoms with Crippen molar-refractivity contribution < 1.29 is 5.11 Å². The Labute approximate surface area is 119 Å². The Morgan fingerprint density at radius 2 is 2.37 bits per heavy atom. The van der Waals surface area contributed by atoms with Crippen LogP contribution in [-0.2, 0) is 0 Å². The number of piperidine rings is 1. The molecule has 2 rings (SSSR count). The molecule has 0 radical (unpaired) electrons. The molecular weight excluding hydrogens is 264 g/mol. The zero-order valence-electron chi connectivity index (χ0n) is 11.3. The van der Waals surface area contributed by atoms with E-state index < -0.39 is 0 Å². The fourth-order valence-electron chi connectivity index (χ4n) is 2.53. The molecule has 0 amide bonds. The van der Waals surface area contributed by atoms with Crippen LogP contribution in [-0.4, -0.2) is 40.8 Å². The van der Waals surface area contributed by atoms with Gasteiger partial charge < -0.3 is 15.3 Å². The number of halogens is 1. The third-order valence-electron chi connectivity index (χ3n) is 3.42. The second-order valence-electron chi connectivity index (χ2n) is 4.75. The fourth-order valence-corrected chi connectivity index (χ4v) is 2.73. The summed E-state index contributed by atoms with van der Waals surface area (Å²) in [4.78, 5) is 10.9. The highest BCUT2D eigenvalue weighted by Crippen LogP contribution is 2.30. The SMILES string of the molecule is CCNc1ncc(Cl)c(N2CCCCC2CCO)n1. The van der Waals surface area contributed by atoms with Crippen molar-refractivity contribution in [3.63, 3.8) is 0 Å². The van der Waals surface area contributed by atoms with Crippen LogP contribution in [0.2, 0.25) is 5.02 Å². The molecule has 1 saturated heterocycles. The van der Waals surface area contributed by atoms with Crippen molar-refractivity contribution in [1.82, 2.24) is 9.97 Å². The van der Waals surface area contributed by atoms with Gasteiger partial charge in [-0.25, -0.2) is 4.98 Å². The molecule has 0 saturated carbocycles. The predicted octanol–water partition coefficient (Wildman–Crippen LogP) is 2.30. The monoisotopic (exact) mass is 284 g/mol. The summed E-state index contributed by atoms with van der Waals surface area (Å²) in [5.41, 5.74) is 0. The van der Waals surface area contributed by atoms with E-state index in [-0.39, 0.29) is 6.61 Å². The van der Waals surface area contributed by atoms with E-state index >= 15 is 0 Å². The Balaban J connectivity index is 2.24. The molecule has 1 aliphatic heterocycles. The molecule has 19 heavy (non-hydrogen) atoms. The van der Waals surface area contributed by atoms with Gasteiger partial charge in [0.2, 0.25) is 5.95 Å². The van der Waals surface area contributed by atoms with Crippen molar-refractivity contribution in [1.29, 1.82) is 0 Å². The third kappa shape index (κ3) is 3.48. The van der Waals surface area contributed by atoms with E-state index in [2.05, 4.69) is 20.2 Å². The van der Waals surface area contributed by atoms with Crippen molar-refractivity contribution in [3.8, 4) is 0 Å². The Kier molecular flexibility index (Phi) is 5.22. The normalized spacial score (nSPS) is 19.5. The van der Waals surface area contributed by atoms with Crippen molar-refractivity contribution in [2.24, 2.45) is 0 Å². The van der Waals surface area contributed by atoms with Crippen LogP contribution in [0.4, 0.5) is 11.8 Å².